The molecule has 0 aliphatic heterocycles. The second kappa shape index (κ2) is 9.62. The van der Waals surface area contributed by atoms with Crippen molar-refractivity contribution in [1.82, 2.24) is 9.88 Å². The molecule has 6 nitrogen and oxygen atoms in total. The number of hydrogen-bond acceptors (Lipinski definition) is 3. The summed E-state index contributed by atoms with van der Waals surface area (Å²) < 4.78 is 7.67. The van der Waals surface area contributed by atoms with Crippen LogP contribution in [0.5, 0.6) is 0 Å². The second-order valence-electron chi connectivity index (χ2n) is 9.96. The van der Waals surface area contributed by atoms with Crippen molar-refractivity contribution in [3.8, 4) is 11.1 Å². The molecule has 0 saturated carbocycles. The third-order valence-corrected chi connectivity index (χ3v) is 7.27. The highest BCUT2D eigenvalue weighted by molar-refractivity contribution is 5.86. The van der Waals surface area contributed by atoms with Gasteiger partial charge in [0.1, 0.15) is 12.6 Å². The number of allylic oxidation sites excluding steroid dienone is 1. The molecule has 0 unspecified atom stereocenters. The van der Waals surface area contributed by atoms with E-state index in [1.54, 1.807) is 0 Å². The van der Waals surface area contributed by atoms with Crippen molar-refractivity contribution in [2.24, 2.45) is 0 Å². The number of nitrogens with one attached hydrogen (secondary N) is 1. The lowest BCUT2D eigenvalue weighted by atomic mass is 9.98. The molecule has 0 bridgehead atoms. The van der Waals surface area contributed by atoms with Gasteiger partial charge < -0.3 is 19.7 Å². The maximum atomic E-state index is 12.8. The Labute approximate surface area is 216 Å². The van der Waals surface area contributed by atoms with Gasteiger partial charge >= 0.3 is 12.1 Å². The molecule has 1 heterocycles. The molecular weight excluding hydrogens is 464 g/mol. The SMILES string of the molecule is C=CC(C)(C)n1cc(C[C@H](NC(=O)OCC2c3ccccc3-c3ccccc32)C(=O)O)c2ccccc21. The molecule has 3 aromatic carbocycles. The van der Waals surface area contributed by atoms with Gasteiger partial charge in [-0.2, -0.15) is 0 Å². The molecule has 188 valence electrons. The van der Waals surface area contributed by atoms with Gasteiger partial charge in [0.25, 0.3) is 0 Å². The van der Waals surface area contributed by atoms with Crippen molar-refractivity contribution in [2.75, 3.05) is 6.61 Å². The summed E-state index contributed by atoms with van der Waals surface area (Å²) in [6.45, 7) is 8.15. The van der Waals surface area contributed by atoms with Crippen LogP contribution in [0.3, 0.4) is 0 Å². The molecule has 0 radical (unpaired) electrons. The molecular formula is C31H30N2O4. The molecule has 0 saturated heterocycles. The average Bonchev–Trinajstić information content (AvgIpc) is 3.43. The molecule has 1 aliphatic rings. The standard InChI is InChI=1S/C31H30N2O4/c1-4-31(2,3)33-18-20(21-11-9-10-16-28(21)33)17-27(29(34)35)32-30(36)37-19-26-24-14-7-5-12-22(24)23-13-6-8-15-25(23)26/h4-16,18,26-27H,1,17,19H2,2-3H3,(H,32,36)(H,34,35)/t27-/m0/s1. The van der Waals surface area contributed by atoms with Crippen LogP contribution in [0.15, 0.2) is 91.6 Å². The van der Waals surface area contributed by atoms with Crippen molar-refractivity contribution in [2.45, 2.75) is 37.8 Å². The quantitative estimate of drug-likeness (QED) is 0.290. The third kappa shape index (κ3) is 4.51. The first-order valence-electron chi connectivity index (χ1n) is 12.4. The van der Waals surface area contributed by atoms with Crippen LogP contribution in [0.4, 0.5) is 4.79 Å². The Hall–Kier alpha value is -4.32. The molecule has 2 N–H and O–H groups in total. The van der Waals surface area contributed by atoms with Gasteiger partial charge in [-0.05, 0) is 47.7 Å². The Morgan fingerprint density at radius 3 is 2.24 bits per heavy atom. The first-order valence-corrected chi connectivity index (χ1v) is 12.4. The fourth-order valence-corrected chi connectivity index (χ4v) is 5.19. The number of carboxylic acids is 1. The van der Waals surface area contributed by atoms with Crippen molar-refractivity contribution in [1.29, 1.82) is 0 Å². The summed E-state index contributed by atoms with van der Waals surface area (Å²) in [4.78, 5) is 24.9. The summed E-state index contributed by atoms with van der Waals surface area (Å²) in [6, 6.07) is 22.9. The molecule has 1 atom stereocenters. The zero-order valence-electron chi connectivity index (χ0n) is 21.0. The van der Waals surface area contributed by atoms with Crippen LogP contribution in [-0.2, 0) is 21.5 Å². The van der Waals surface area contributed by atoms with Gasteiger partial charge in [-0.25, -0.2) is 9.59 Å². The topological polar surface area (TPSA) is 80.6 Å². The molecule has 5 rings (SSSR count). The fourth-order valence-electron chi connectivity index (χ4n) is 5.19. The zero-order chi connectivity index (χ0) is 26.2. The maximum Gasteiger partial charge on any atom is 0.407 e. The Morgan fingerprint density at radius 2 is 1.62 bits per heavy atom. The van der Waals surface area contributed by atoms with Gasteiger partial charge in [0.2, 0.25) is 0 Å². The van der Waals surface area contributed by atoms with Crippen LogP contribution < -0.4 is 5.32 Å². The number of carbonyl (C=O) groups excluding carboxylic acids is 1. The molecule has 1 aromatic heterocycles. The van der Waals surface area contributed by atoms with Crippen molar-refractivity contribution in [3.05, 3.63) is 108 Å². The first kappa shape index (κ1) is 24.4. The number of amides is 1. The van der Waals surface area contributed by atoms with E-state index in [4.69, 9.17) is 4.74 Å². The Bertz CT molecular complexity index is 1450. The van der Waals surface area contributed by atoms with Crippen LogP contribution >= 0.6 is 0 Å². The van der Waals surface area contributed by atoms with Crippen LogP contribution in [0, 0.1) is 0 Å². The second-order valence-corrected chi connectivity index (χ2v) is 9.96. The minimum Gasteiger partial charge on any atom is -0.480 e. The molecule has 1 amide bonds. The number of para-hydroxylation sites is 1. The number of aromatic nitrogens is 1. The summed E-state index contributed by atoms with van der Waals surface area (Å²) in [6.07, 6.45) is 3.18. The number of benzene rings is 3. The molecule has 4 aromatic rings. The Morgan fingerprint density at radius 1 is 1.03 bits per heavy atom. The minimum absolute atomic E-state index is 0.0967. The number of carboxylic acid groups (broad SMARTS) is 1. The number of ether oxygens (including phenoxy) is 1. The number of aliphatic carboxylic acids is 1. The first-order chi connectivity index (χ1) is 17.8. The predicted molar refractivity (Wildman–Crippen MR) is 145 cm³/mol. The van der Waals surface area contributed by atoms with Crippen LogP contribution in [-0.4, -0.2) is 34.4 Å². The monoisotopic (exact) mass is 494 g/mol. The molecule has 1 aliphatic carbocycles. The van der Waals surface area contributed by atoms with Gasteiger partial charge in [-0.1, -0.05) is 72.8 Å². The van der Waals surface area contributed by atoms with E-state index in [-0.39, 0.29) is 24.5 Å². The Kier molecular flexibility index (Phi) is 6.34. The maximum absolute atomic E-state index is 12.8. The molecule has 6 heteroatoms. The van der Waals surface area contributed by atoms with Crippen molar-refractivity contribution >= 4 is 23.0 Å². The fraction of sp³-hybridized carbons (Fsp3) is 0.226. The van der Waals surface area contributed by atoms with E-state index in [1.807, 2.05) is 86.8 Å². The van der Waals surface area contributed by atoms with Gasteiger partial charge in [-0.3, -0.25) is 0 Å². The number of fused-ring (bicyclic) bond motifs is 4. The van der Waals surface area contributed by atoms with Crippen molar-refractivity contribution < 1.29 is 19.4 Å². The van der Waals surface area contributed by atoms with Gasteiger partial charge in [0.05, 0.1) is 5.54 Å². The zero-order valence-corrected chi connectivity index (χ0v) is 21.0. The van der Waals surface area contributed by atoms with E-state index in [0.29, 0.717) is 0 Å². The van der Waals surface area contributed by atoms with E-state index in [0.717, 1.165) is 38.7 Å². The van der Waals surface area contributed by atoms with E-state index in [2.05, 4.69) is 28.6 Å². The molecule has 0 fully saturated rings. The smallest absolute Gasteiger partial charge is 0.407 e. The van der Waals surface area contributed by atoms with Crippen molar-refractivity contribution in [3.63, 3.8) is 0 Å². The van der Waals surface area contributed by atoms with E-state index in [1.165, 1.54) is 0 Å². The highest BCUT2D eigenvalue weighted by Gasteiger charge is 2.30. The van der Waals surface area contributed by atoms with E-state index >= 15 is 0 Å². The Balaban J connectivity index is 1.33. The van der Waals surface area contributed by atoms with Crippen LogP contribution in [0.2, 0.25) is 0 Å². The number of hydrogen-bond donors (Lipinski definition) is 2. The normalized spacial score (nSPS) is 13.6. The minimum atomic E-state index is -1.14. The largest absolute Gasteiger partial charge is 0.480 e. The highest BCUT2D eigenvalue weighted by Crippen LogP contribution is 2.44. The summed E-state index contributed by atoms with van der Waals surface area (Å²) in [5.41, 5.74) is 5.91. The summed E-state index contributed by atoms with van der Waals surface area (Å²) in [7, 11) is 0. The summed E-state index contributed by atoms with van der Waals surface area (Å²) in [5.74, 6) is -1.21. The lowest BCUT2D eigenvalue weighted by molar-refractivity contribution is -0.139. The third-order valence-electron chi connectivity index (χ3n) is 7.27. The predicted octanol–water partition coefficient (Wildman–Crippen LogP) is 6.10. The average molecular weight is 495 g/mol. The lowest BCUT2D eigenvalue weighted by Crippen LogP contribution is -2.42. The van der Waals surface area contributed by atoms with E-state index < -0.39 is 18.1 Å². The van der Waals surface area contributed by atoms with Gasteiger partial charge in [0, 0.05) is 29.4 Å². The van der Waals surface area contributed by atoms with Gasteiger partial charge in [-0.15, -0.1) is 6.58 Å². The van der Waals surface area contributed by atoms with Gasteiger partial charge in [0.15, 0.2) is 0 Å². The number of nitrogens with zero attached hydrogens (tertiary/aromatic N) is 1. The number of rotatable bonds is 8. The number of carbonyl (C=O) groups is 2. The lowest BCUT2D eigenvalue weighted by Gasteiger charge is -2.24. The molecule has 0 spiro atoms. The summed E-state index contributed by atoms with van der Waals surface area (Å²) >= 11 is 0. The molecule has 37 heavy (non-hydrogen) atoms. The number of alkyl carbamates (subject to hydrolysis) is 1. The van der Waals surface area contributed by atoms with Crippen LogP contribution in [0.25, 0.3) is 22.0 Å². The van der Waals surface area contributed by atoms with Crippen LogP contribution in [0.1, 0.15) is 36.5 Å². The highest BCUT2D eigenvalue weighted by atomic mass is 16.5. The van der Waals surface area contributed by atoms with E-state index in [9.17, 15) is 14.7 Å². The summed E-state index contributed by atoms with van der Waals surface area (Å²) in [5, 5.41) is 13.4.